The van der Waals surface area contributed by atoms with Crippen LogP contribution >= 0.6 is 15.9 Å². The second-order valence-electron chi connectivity index (χ2n) is 5.63. The number of benzene rings is 1. The van der Waals surface area contributed by atoms with Crippen molar-refractivity contribution in [1.82, 2.24) is 0 Å². The summed E-state index contributed by atoms with van der Waals surface area (Å²) in [6.45, 7) is 8.10. The molecule has 1 nitrogen and oxygen atoms in total. The molecular weight excluding hydrogens is 286 g/mol. The largest absolute Gasteiger partial charge is 0.209 e. The van der Waals surface area contributed by atoms with E-state index in [1.165, 1.54) is 36.2 Å². The lowest BCUT2D eigenvalue weighted by atomic mass is 9.82. The number of halogens is 1. The van der Waals surface area contributed by atoms with E-state index in [2.05, 4.69) is 65.5 Å². The van der Waals surface area contributed by atoms with Gasteiger partial charge >= 0.3 is 0 Å². The number of rotatable bonds is 5. The lowest BCUT2D eigenvalue weighted by molar-refractivity contribution is -0.439. The monoisotopic (exact) mass is 308 g/mol. The van der Waals surface area contributed by atoms with Gasteiger partial charge in [-0.15, -0.1) is 0 Å². The summed E-state index contributed by atoms with van der Waals surface area (Å²) in [5.41, 5.74) is 4.57. The van der Waals surface area contributed by atoms with Crippen LogP contribution in [0, 0.1) is 0 Å². The maximum absolute atomic E-state index is 3.50. The fourth-order valence-electron chi connectivity index (χ4n) is 2.78. The first-order valence-electron chi connectivity index (χ1n) is 6.86. The molecule has 0 atom stereocenters. The minimum absolute atomic E-state index is 0.187. The van der Waals surface area contributed by atoms with E-state index in [1.54, 1.807) is 0 Å². The zero-order valence-electron chi connectivity index (χ0n) is 11.7. The number of hydrogen-bond donors (Lipinski definition) is 0. The lowest BCUT2D eigenvalue weighted by Gasteiger charge is -2.14. The zero-order valence-corrected chi connectivity index (χ0v) is 13.3. The molecule has 18 heavy (non-hydrogen) atoms. The highest BCUT2D eigenvalue weighted by Gasteiger charge is 2.42. The van der Waals surface area contributed by atoms with E-state index >= 15 is 0 Å². The van der Waals surface area contributed by atoms with Crippen LogP contribution in [0.15, 0.2) is 24.3 Å². The lowest BCUT2D eigenvalue weighted by Crippen LogP contribution is -2.26. The minimum atomic E-state index is 0.187. The average molecular weight is 309 g/mol. The topological polar surface area (TPSA) is 3.01 Å². The smallest absolute Gasteiger partial charge is 0.199 e. The third-order valence-electron chi connectivity index (χ3n) is 4.19. The van der Waals surface area contributed by atoms with Crippen molar-refractivity contribution in [3.8, 4) is 0 Å². The summed E-state index contributed by atoms with van der Waals surface area (Å²) in [7, 11) is 0. The van der Waals surface area contributed by atoms with Crippen molar-refractivity contribution in [3.05, 3.63) is 29.8 Å². The second kappa shape index (κ2) is 5.56. The van der Waals surface area contributed by atoms with Crippen LogP contribution in [0.2, 0.25) is 0 Å². The molecule has 2 heteroatoms. The highest BCUT2D eigenvalue weighted by atomic mass is 79.9. The fraction of sp³-hybridized carbons (Fsp3) is 0.562. The molecule has 0 spiro atoms. The van der Waals surface area contributed by atoms with Gasteiger partial charge in [0.25, 0.3) is 0 Å². The Bertz CT molecular complexity index is 460. The van der Waals surface area contributed by atoms with Gasteiger partial charge in [-0.25, -0.2) is 0 Å². The molecule has 0 aromatic heterocycles. The molecule has 0 unspecified atom stereocenters. The molecule has 0 aliphatic carbocycles. The molecule has 1 aromatic carbocycles. The van der Waals surface area contributed by atoms with Gasteiger partial charge in [0, 0.05) is 30.3 Å². The van der Waals surface area contributed by atoms with E-state index in [9.17, 15) is 0 Å². The molecule has 0 N–H and O–H groups in total. The molecule has 0 amide bonds. The van der Waals surface area contributed by atoms with Crippen molar-refractivity contribution in [3.63, 3.8) is 0 Å². The number of alkyl halides is 1. The Morgan fingerprint density at radius 2 is 1.83 bits per heavy atom. The van der Waals surface area contributed by atoms with E-state index in [4.69, 9.17) is 0 Å². The van der Waals surface area contributed by atoms with Crippen molar-refractivity contribution in [2.45, 2.75) is 45.4 Å². The number of hydrogen-bond acceptors (Lipinski definition) is 0. The van der Waals surface area contributed by atoms with Crippen LogP contribution in [0.3, 0.4) is 0 Å². The van der Waals surface area contributed by atoms with E-state index in [0.717, 1.165) is 11.9 Å². The Morgan fingerprint density at radius 1 is 1.11 bits per heavy atom. The summed E-state index contributed by atoms with van der Waals surface area (Å²) in [5, 5.41) is 1.12. The first-order chi connectivity index (χ1) is 8.59. The zero-order chi connectivity index (χ0) is 13.2. The van der Waals surface area contributed by atoms with Gasteiger partial charge in [-0.2, -0.15) is 4.58 Å². The van der Waals surface area contributed by atoms with Gasteiger partial charge in [-0.05, 0) is 26.7 Å². The highest BCUT2D eigenvalue weighted by molar-refractivity contribution is 9.09. The van der Waals surface area contributed by atoms with Crippen molar-refractivity contribution in [2.75, 3.05) is 11.9 Å². The number of fused-ring (bicyclic) bond motifs is 1. The molecule has 0 bridgehead atoms. The summed E-state index contributed by atoms with van der Waals surface area (Å²) in [6, 6.07) is 8.84. The fourth-order valence-corrected chi connectivity index (χ4v) is 3.18. The number of nitrogens with zero attached hydrogens (tertiary/aromatic N) is 1. The van der Waals surface area contributed by atoms with Crippen molar-refractivity contribution >= 4 is 27.3 Å². The predicted molar refractivity (Wildman–Crippen MR) is 82.6 cm³/mol. The maximum Gasteiger partial charge on any atom is 0.209 e. The SMILES string of the molecule is CC1=[N+](CCCCCBr)c2ccccc2C1(C)C. The number of para-hydroxylation sites is 1. The standard InChI is InChI=1S/C16H23BrN/c1-13-16(2,3)14-9-5-6-10-15(14)18(13)12-8-4-7-11-17/h5-6,9-10H,4,7-8,11-12H2,1-3H3/q+1. The summed E-state index contributed by atoms with van der Waals surface area (Å²) in [4.78, 5) is 0. The molecular formula is C16H23BrN+. The average Bonchev–Trinajstić information content (AvgIpc) is 2.56. The van der Waals surface area contributed by atoms with Gasteiger partial charge in [0.1, 0.15) is 6.54 Å². The third kappa shape index (κ3) is 2.40. The Labute approximate surface area is 119 Å². The molecule has 1 aliphatic heterocycles. The van der Waals surface area contributed by atoms with Gasteiger partial charge in [-0.1, -0.05) is 34.1 Å². The van der Waals surface area contributed by atoms with Crippen molar-refractivity contribution < 1.29 is 4.58 Å². The van der Waals surface area contributed by atoms with E-state index in [-0.39, 0.29) is 5.41 Å². The van der Waals surface area contributed by atoms with Crippen molar-refractivity contribution in [2.24, 2.45) is 0 Å². The summed E-state index contributed by atoms with van der Waals surface area (Å²) in [6.07, 6.45) is 3.85. The Kier molecular flexibility index (Phi) is 4.26. The van der Waals surface area contributed by atoms with Gasteiger partial charge in [-0.3, -0.25) is 0 Å². The first kappa shape index (κ1) is 13.8. The first-order valence-corrected chi connectivity index (χ1v) is 7.98. The highest BCUT2D eigenvalue weighted by Crippen LogP contribution is 2.39. The predicted octanol–water partition coefficient (Wildman–Crippen LogP) is 4.65. The molecule has 0 radical (unpaired) electrons. The van der Waals surface area contributed by atoms with Crippen LogP contribution in [0.5, 0.6) is 0 Å². The van der Waals surface area contributed by atoms with Crippen LogP contribution in [-0.2, 0) is 5.41 Å². The third-order valence-corrected chi connectivity index (χ3v) is 4.75. The molecule has 1 heterocycles. The van der Waals surface area contributed by atoms with E-state index in [0.29, 0.717) is 0 Å². The van der Waals surface area contributed by atoms with Crippen LogP contribution in [0.4, 0.5) is 5.69 Å². The summed E-state index contributed by atoms with van der Waals surface area (Å²) in [5.74, 6) is 0. The van der Waals surface area contributed by atoms with Crippen molar-refractivity contribution in [1.29, 1.82) is 0 Å². The normalized spacial score (nSPS) is 17.1. The van der Waals surface area contributed by atoms with Gasteiger partial charge < -0.3 is 0 Å². The molecule has 1 aliphatic rings. The van der Waals surface area contributed by atoms with Crippen LogP contribution in [0.1, 0.15) is 45.6 Å². The van der Waals surface area contributed by atoms with Crippen LogP contribution in [-0.4, -0.2) is 22.2 Å². The van der Waals surface area contributed by atoms with Crippen LogP contribution < -0.4 is 0 Å². The van der Waals surface area contributed by atoms with E-state index in [1.807, 2.05) is 0 Å². The second-order valence-corrected chi connectivity index (χ2v) is 6.42. The molecule has 2 rings (SSSR count). The number of unbranched alkanes of at least 4 members (excludes halogenated alkanes) is 2. The Morgan fingerprint density at radius 3 is 2.56 bits per heavy atom. The van der Waals surface area contributed by atoms with E-state index < -0.39 is 0 Å². The quantitative estimate of drug-likeness (QED) is 0.423. The van der Waals surface area contributed by atoms with Gasteiger partial charge in [0.15, 0.2) is 5.71 Å². The minimum Gasteiger partial charge on any atom is -0.199 e. The molecule has 0 saturated carbocycles. The van der Waals surface area contributed by atoms with Gasteiger partial charge in [0.2, 0.25) is 5.69 Å². The van der Waals surface area contributed by atoms with Gasteiger partial charge in [0.05, 0.1) is 5.41 Å². The molecule has 0 saturated heterocycles. The maximum atomic E-state index is 3.50. The molecule has 98 valence electrons. The Balaban J connectivity index is 2.21. The Hall–Kier alpha value is -0.630. The van der Waals surface area contributed by atoms with Crippen LogP contribution in [0.25, 0.3) is 0 Å². The summed E-state index contributed by atoms with van der Waals surface area (Å²) >= 11 is 3.50. The summed E-state index contributed by atoms with van der Waals surface area (Å²) < 4.78 is 2.52. The molecule has 1 aromatic rings. The molecule has 0 fully saturated rings.